The summed E-state index contributed by atoms with van der Waals surface area (Å²) in [7, 11) is 0. The van der Waals surface area contributed by atoms with E-state index in [2.05, 4.69) is 6.92 Å². The summed E-state index contributed by atoms with van der Waals surface area (Å²) in [5, 5.41) is 17.6. The van der Waals surface area contributed by atoms with Crippen LogP contribution < -0.4 is 0 Å². The molecular formula is C9H17NOS2. The van der Waals surface area contributed by atoms with Gasteiger partial charge in [-0.1, -0.05) is 31.5 Å². The zero-order chi connectivity index (χ0) is 9.68. The van der Waals surface area contributed by atoms with Crippen LogP contribution in [0.4, 0.5) is 0 Å². The van der Waals surface area contributed by atoms with Crippen molar-refractivity contribution in [3.63, 3.8) is 0 Å². The van der Waals surface area contributed by atoms with Crippen molar-refractivity contribution in [1.29, 1.82) is 5.41 Å². The highest BCUT2D eigenvalue weighted by molar-refractivity contribution is 8.38. The molecule has 0 saturated heterocycles. The van der Waals surface area contributed by atoms with Gasteiger partial charge in [0.1, 0.15) is 4.38 Å². The van der Waals surface area contributed by atoms with Crippen molar-refractivity contribution in [2.75, 3.05) is 5.75 Å². The number of nitrogens with one attached hydrogen (secondary N) is 1. The Hall–Kier alpha value is 0.330. The van der Waals surface area contributed by atoms with Crippen LogP contribution in [-0.4, -0.2) is 26.6 Å². The minimum absolute atomic E-state index is 0.184. The lowest BCUT2D eigenvalue weighted by atomic mass is 9.97. The summed E-state index contributed by atoms with van der Waals surface area (Å²) in [4.78, 5) is 0. The van der Waals surface area contributed by atoms with Gasteiger partial charge in [-0.2, -0.15) is 0 Å². The van der Waals surface area contributed by atoms with Gasteiger partial charge in [-0.3, -0.25) is 5.41 Å². The standard InChI is InChI=1S/C9H17NOS2/c1-2-12-9(10)13-8-6-4-3-5-7(8)11/h7-8,10-11H,2-6H2,1H3. The summed E-state index contributed by atoms with van der Waals surface area (Å²) in [5.74, 6) is 0.953. The highest BCUT2D eigenvalue weighted by Gasteiger charge is 2.24. The average molecular weight is 219 g/mol. The first-order chi connectivity index (χ1) is 6.24. The molecule has 0 aliphatic heterocycles. The summed E-state index contributed by atoms with van der Waals surface area (Å²) in [6.45, 7) is 2.05. The first-order valence-electron chi connectivity index (χ1n) is 4.80. The minimum Gasteiger partial charge on any atom is -0.392 e. The van der Waals surface area contributed by atoms with Gasteiger partial charge in [-0.05, 0) is 18.6 Å². The fourth-order valence-electron chi connectivity index (χ4n) is 1.52. The van der Waals surface area contributed by atoms with E-state index in [1.54, 1.807) is 23.5 Å². The molecule has 0 bridgehead atoms. The highest BCUT2D eigenvalue weighted by Crippen LogP contribution is 2.31. The zero-order valence-corrected chi connectivity index (χ0v) is 9.59. The van der Waals surface area contributed by atoms with Crippen LogP contribution in [0.3, 0.4) is 0 Å². The van der Waals surface area contributed by atoms with Gasteiger partial charge >= 0.3 is 0 Å². The molecule has 2 unspecified atom stereocenters. The van der Waals surface area contributed by atoms with Gasteiger partial charge in [0.05, 0.1) is 6.10 Å². The van der Waals surface area contributed by atoms with Crippen molar-refractivity contribution in [3.8, 4) is 0 Å². The number of rotatable bonds is 2. The average Bonchev–Trinajstić information content (AvgIpc) is 2.09. The van der Waals surface area contributed by atoms with Crippen LogP contribution in [-0.2, 0) is 0 Å². The lowest BCUT2D eigenvalue weighted by Gasteiger charge is -2.26. The molecule has 2 N–H and O–H groups in total. The summed E-state index contributed by atoms with van der Waals surface area (Å²) in [6.07, 6.45) is 4.16. The summed E-state index contributed by atoms with van der Waals surface area (Å²) in [6, 6.07) is 0. The zero-order valence-electron chi connectivity index (χ0n) is 7.95. The Morgan fingerprint density at radius 1 is 1.46 bits per heavy atom. The van der Waals surface area contributed by atoms with Gasteiger partial charge in [0.15, 0.2) is 0 Å². The molecule has 0 aromatic heterocycles. The largest absolute Gasteiger partial charge is 0.392 e. The summed E-state index contributed by atoms with van der Waals surface area (Å²) in [5.41, 5.74) is 0. The normalized spacial score (nSPS) is 28.8. The molecule has 0 spiro atoms. The molecule has 0 heterocycles. The lowest BCUT2D eigenvalue weighted by molar-refractivity contribution is 0.137. The van der Waals surface area contributed by atoms with Crippen molar-refractivity contribution in [2.45, 2.75) is 44.0 Å². The van der Waals surface area contributed by atoms with Gasteiger partial charge in [0, 0.05) is 5.25 Å². The van der Waals surface area contributed by atoms with E-state index in [9.17, 15) is 5.11 Å². The van der Waals surface area contributed by atoms with Crippen molar-refractivity contribution in [3.05, 3.63) is 0 Å². The first kappa shape index (κ1) is 11.4. The van der Waals surface area contributed by atoms with Crippen molar-refractivity contribution in [2.24, 2.45) is 0 Å². The van der Waals surface area contributed by atoms with Crippen molar-refractivity contribution >= 4 is 27.9 Å². The van der Waals surface area contributed by atoms with E-state index in [-0.39, 0.29) is 11.4 Å². The molecule has 1 fully saturated rings. The van der Waals surface area contributed by atoms with Crippen LogP contribution in [0.1, 0.15) is 32.6 Å². The van der Waals surface area contributed by atoms with Gasteiger partial charge in [-0.25, -0.2) is 0 Å². The number of hydrogen-bond donors (Lipinski definition) is 2. The molecule has 1 aliphatic rings. The summed E-state index contributed by atoms with van der Waals surface area (Å²) < 4.78 is 0.661. The van der Waals surface area contributed by atoms with Crippen LogP contribution in [0.25, 0.3) is 0 Å². The molecule has 1 aliphatic carbocycles. The monoisotopic (exact) mass is 219 g/mol. The second-order valence-corrected chi connectivity index (χ2v) is 6.01. The maximum Gasteiger partial charge on any atom is 0.122 e. The molecule has 0 radical (unpaired) electrons. The minimum atomic E-state index is -0.184. The predicted molar refractivity (Wildman–Crippen MR) is 61.7 cm³/mol. The van der Waals surface area contributed by atoms with Gasteiger partial charge in [0.2, 0.25) is 0 Å². The van der Waals surface area contributed by atoms with Crippen LogP contribution in [0.2, 0.25) is 0 Å². The Kier molecular flexibility index (Phi) is 5.21. The van der Waals surface area contributed by atoms with Crippen molar-refractivity contribution < 1.29 is 5.11 Å². The molecule has 1 saturated carbocycles. The highest BCUT2D eigenvalue weighted by atomic mass is 32.2. The topological polar surface area (TPSA) is 44.1 Å². The number of hydrogen-bond acceptors (Lipinski definition) is 4. The molecule has 0 aromatic rings. The Morgan fingerprint density at radius 2 is 2.15 bits per heavy atom. The third kappa shape index (κ3) is 3.92. The quantitative estimate of drug-likeness (QED) is 0.554. The second-order valence-electron chi connectivity index (χ2n) is 3.23. The van der Waals surface area contributed by atoms with Crippen LogP contribution in [0.15, 0.2) is 0 Å². The predicted octanol–water partition coefficient (Wildman–Crippen LogP) is 2.71. The van der Waals surface area contributed by atoms with E-state index in [4.69, 9.17) is 5.41 Å². The molecule has 4 heteroatoms. The molecule has 13 heavy (non-hydrogen) atoms. The molecule has 0 amide bonds. The lowest BCUT2D eigenvalue weighted by Crippen LogP contribution is -2.27. The van der Waals surface area contributed by atoms with Gasteiger partial charge in [0.25, 0.3) is 0 Å². The van der Waals surface area contributed by atoms with Crippen LogP contribution in [0, 0.1) is 5.41 Å². The first-order valence-corrected chi connectivity index (χ1v) is 6.66. The Bertz CT molecular complexity index is 175. The molecule has 0 aromatic carbocycles. The molecule has 76 valence electrons. The molecule has 2 nitrogen and oxygen atoms in total. The molecular weight excluding hydrogens is 202 g/mol. The smallest absolute Gasteiger partial charge is 0.122 e. The van der Waals surface area contributed by atoms with Crippen LogP contribution >= 0.6 is 23.5 Å². The SMILES string of the molecule is CCSC(=N)SC1CCCCC1O. The van der Waals surface area contributed by atoms with Crippen molar-refractivity contribution in [1.82, 2.24) is 0 Å². The maximum absolute atomic E-state index is 9.66. The summed E-state index contributed by atoms with van der Waals surface area (Å²) >= 11 is 3.11. The fourth-order valence-corrected chi connectivity index (χ4v) is 3.63. The molecule has 1 rings (SSSR count). The van der Waals surface area contributed by atoms with E-state index in [0.29, 0.717) is 4.38 Å². The van der Waals surface area contributed by atoms with Crippen LogP contribution in [0.5, 0.6) is 0 Å². The molecule has 2 atom stereocenters. The number of aliphatic hydroxyl groups excluding tert-OH is 1. The van der Waals surface area contributed by atoms with E-state index in [1.165, 1.54) is 6.42 Å². The van der Waals surface area contributed by atoms with E-state index < -0.39 is 0 Å². The van der Waals surface area contributed by atoms with E-state index >= 15 is 0 Å². The fraction of sp³-hybridized carbons (Fsp3) is 0.889. The van der Waals surface area contributed by atoms with E-state index in [0.717, 1.165) is 25.0 Å². The number of aliphatic hydroxyl groups is 1. The van der Waals surface area contributed by atoms with Gasteiger partial charge in [-0.15, -0.1) is 11.8 Å². The maximum atomic E-state index is 9.66. The van der Waals surface area contributed by atoms with E-state index in [1.807, 2.05) is 0 Å². The Morgan fingerprint density at radius 3 is 2.77 bits per heavy atom. The third-order valence-electron chi connectivity index (χ3n) is 2.20. The number of thioether (sulfide) groups is 2. The Balaban J connectivity index is 2.29. The second kappa shape index (κ2) is 5.94. The van der Waals surface area contributed by atoms with Gasteiger partial charge < -0.3 is 5.11 Å². The Labute approximate surface area is 88.4 Å². The third-order valence-corrected chi connectivity index (χ3v) is 4.46.